The molecule has 1 aromatic rings. The van der Waals surface area contributed by atoms with Gasteiger partial charge in [-0.2, -0.15) is 0 Å². The largest absolute Gasteiger partial charge is 0.389 e. The van der Waals surface area contributed by atoms with E-state index in [-0.39, 0.29) is 0 Å². The zero-order chi connectivity index (χ0) is 11.3. The fourth-order valence-corrected chi connectivity index (χ4v) is 1.77. The molecule has 0 aliphatic rings. The average molecular weight is 210 g/mol. The Bertz CT molecular complexity index is 292. The Labute approximate surface area is 92.1 Å². The maximum atomic E-state index is 9.93. The van der Waals surface area contributed by atoms with Gasteiger partial charge in [-0.1, -0.05) is 13.3 Å². The first-order chi connectivity index (χ1) is 7.03. The zero-order valence-electron chi connectivity index (χ0n) is 9.95. The van der Waals surface area contributed by atoms with E-state index in [1.165, 1.54) is 5.56 Å². The van der Waals surface area contributed by atoms with Gasteiger partial charge in [0.15, 0.2) is 0 Å². The van der Waals surface area contributed by atoms with Gasteiger partial charge in [-0.15, -0.1) is 0 Å². The summed E-state index contributed by atoms with van der Waals surface area (Å²) < 4.78 is 2.03. The summed E-state index contributed by atoms with van der Waals surface area (Å²) in [4.78, 5) is 0. The van der Waals surface area contributed by atoms with Crippen molar-refractivity contribution in [3.05, 3.63) is 24.0 Å². The van der Waals surface area contributed by atoms with Crippen LogP contribution in [0.4, 0.5) is 0 Å². The summed E-state index contributed by atoms with van der Waals surface area (Å²) in [5.41, 5.74) is 0.675. The molecule has 0 aliphatic carbocycles. The number of nitrogens with one attached hydrogen (secondary N) is 1. The zero-order valence-corrected chi connectivity index (χ0v) is 9.95. The van der Waals surface area contributed by atoms with E-state index in [0.717, 1.165) is 19.4 Å². The first kappa shape index (κ1) is 12.3. The smallest absolute Gasteiger partial charge is 0.0743 e. The van der Waals surface area contributed by atoms with Crippen LogP contribution >= 0.6 is 0 Å². The highest BCUT2D eigenvalue weighted by Crippen LogP contribution is 2.10. The highest BCUT2D eigenvalue weighted by Gasteiger charge is 2.17. The molecule has 0 aliphatic heterocycles. The van der Waals surface area contributed by atoms with Crippen LogP contribution in [-0.4, -0.2) is 21.8 Å². The molecule has 1 unspecified atom stereocenters. The van der Waals surface area contributed by atoms with Crippen molar-refractivity contribution in [2.75, 3.05) is 6.54 Å². The molecule has 15 heavy (non-hydrogen) atoms. The first-order valence-electron chi connectivity index (χ1n) is 5.57. The van der Waals surface area contributed by atoms with E-state index >= 15 is 0 Å². The van der Waals surface area contributed by atoms with Crippen LogP contribution in [-0.2, 0) is 13.6 Å². The third-order valence-electron chi connectivity index (χ3n) is 2.52. The molecule has 3 heteroatoms. The normalized spacial score (nSPS) is 15.2. The Balaban J connectivity index is 2.27. The van der Waals surface area contributed by atoms with Crippen LogP contribution in [0.3, 0.4) is 0 Å². The molecular weight excluding hydrogens is 188 g/mol. The van der Waals surface area contributed by atoms with E-state index in [2.05, 4.69) is 24.5 Å². The molecule has 0 amide bonds. The Morgan fingerprint density at radius 1 is 1.53 bits per heavy atom. The number of rotatable bonds is 6. The number of aromatic nitrogens is 1. The molecule has 0 aromatic carbocycles. The lowest BCUT2D eigenvalue weighted by atomic mass is 10.0. The van der Waals surface area contributed by atoms with Gasteiger partial charge < -0.3 is 15.0 Å². The monoisotopic (exact) mass is 210 g/mol. The van der Waals surface area contributed by atoms with E-state index in [4.69, 9.17) is 0 Å². The minimum absolute atomic E-state index is 0.580. The van der Waals surface area contributed by atoms with E-state index in [9.17, 15) is 5.11 Å². The van der Waals surface area contributed by atoms with Crippen LogP contribution in [0.1, 0.15) is 32.3 Å². The fourth-order valence-electron chi connectivity index (χ4n) is 1.77. The topological polar surface area (TPSA) is 37.2 Å². The molecule has 3 nitrogen and oxygen atoms in total. The van der Waals surface area contributed by atoms with E-state index < -0.39 is 5.60 Å². The lowest BCUT2D eigenvalue weighted by Gasteiger charge is -2.22. The van der Waals surface area contributed by atoms with Crippen molar-refractivity contribution in [1.82, 2.24) is 9.88 Å². The number of hydrogen-bond donors (Lipinski definition) is 2. The second kappa shape index (κ2) is 5.33. The Hall–Kier alpha value is -0.800. The lowest BCUT2D eigenvalue weighted by molar-refractivity contribution is 0.0498. The SMILES string of the molecule is CCCC(C)(O)CNCc1ccn(C)c1. The predicted molar refractivity (Wildman–Crippen MR) is 62.7 cm³/mol. The molecule has 2 N–H and O–H groups in total. The Morgan fingerprint density at radius 3 is 2.80 bits per heavy atom. The van der Waals surface area contributed by atoms with Gasteiger partial charge in [0, 0.05) is 32.5 Å². The predicted octanol–water partition coefficient (Wildman–Crippen LogP) is 1.67. The van der Waals surface area contributed by atoms with Crippen LogP contribution in [0.2, 0.25) is 0 Å². The van der Waals surface area contributed by atoms with Gasteiger partial charge in [-0.05, 0) is 25.0 Å². The number of nitrogens with zero attached hydrogens (tertiary/aromatic N) is 1. The van der Waals surface area contributed by atoms with Crippen molar-refractivity contribution in [2.45, 2.75) is 38.8 Å². The Morgan fingerprint density at radius 2 is 2.27 bits per heavy atom. The molecule has 0 saturated heterocycles. The van der Waals surface area contributed by atoms with Gasteiger partial charge in [-0.3, -0.25) is 0 Å². The molecule has 86 valence electrons. The summed E-state index contributed by atoms with van der Waals surface area (Å²) in [6, 6.07) is 2.08. The number of aliphatic hydroxyl groups is 1. The van der Waals surface area contributed by atoms with Gasteiger partial charge in [0.1, 0.15) is 0 Å². The third kappa shape index (κ3) is 4.49. The van der Waals surface area contributed by atoms with Gasteiger partial charge >= 0.3 is 0 Å². The van der Waals surface area contributed by atoms with Crippen LogP contribution < -0.4 is 5.32 Å². The van der Waals surface area contributed by atoms with Crippen LogP contribution in [0, 0.1) is 0 Å². The van der Waals surface area contributed by atoms with Crippen molar-refractivity contribution in [3.8, 4) is 0 Å². The molecule has 1 heterocycles. The molecule has 0 spiro atoms. The Kier molecular flexibility index (Phi) is 4.36. The van der Waals surface area contributed by atoms with Gasteiger partial charge in [-0.25, -0.2) is 0 Å². The second-order valence-corrected chi connectivity index (χ2v) is 4.54. The highest BCUT2D eigenvalue weighted by molar-refractivity contribution is 5.09. The van der Waals surface area contributed by atoms with E-state index in [0.29, 0.717) is 6.54 Å². The maximum absolute atomic E-state index is 9.93. The average Bonchev–Trinajstić information content (AvgIpc) is 2.51. The van der Waals surface area contributed by atoms with Gasteiger partial charge in [0.2, 0.25) is 0 Å². The van der Waals surface area contributed by atoms with Crippen molar-refractivity contribution < 1.29 is 5.11 Å². The molecule has 1 rings (SSSR count). The van der Waals surface area contributed by atoms with Crippen molar-refractivity contribution >= 4 is 0 Å². The molecule has 0 radical (unpaired) electrons. The lowest BCUT2D eigenvalue weighted by Crippen LogP contribution is -2.37. The van der Waals surface area contributed by atoms with Gasteiger partial charge in [0.05, 0.1) is 5.60 Å². The number of aryl methyl sites for hydroxylation is 1. The molecule has 0 fully saturated rings. The summed E-state index contributed by atoms with van der Waals surface area (Å²) in [6.45, 7) is 5.44. The van der Waals surface area contributed by atoms with E-state index in [1.807, 2.05) is 24.7 Å². The standard InChI is InChI=1S/C12H22N2O/c1-4-6-12(2,15)10-13-8-11-5-7-14(3)9-11/h5,7,9,13,15H,4,6,8,10H2,1-3H3. The summed E-state index contributed by atoms with van der Waals surface area (Å²) >= 11 is 0. The third-order valence-corrected chi connectivity index (χ3v) is 2.52. The molecule has 1 atom stereocenters. The summed E-state index contributed by atoms with van der Waals surface area (Å²) in [6.07, 6.45) is 5.97. The highest BCUT2D eigenvalue weighted by atomic mass is 16.3. The van der Waals surface area contributed by atoms with Crippen LogP contribution in [0.15, 0.2) is 18.5 Å². The summed E-state index contributed by atoms with van der Waals surface area (Å²) in [5.74, 6) is 0. The summed E-state index contributed by atoms with van der Waals surface area (Å²) in [5, 5.41) is 13.2. The van der Waals surface area contributed by atoms with Crippen LogP contribution in [0.25, 0.3) is 0 Å². The van der Waals surface area contributed by atoms with Crippen molar-refractivity contribution in [2.24, 2.45) is 7.05 Å². The minimum atomic E-state index is -0.580. The molecule has 1 aromatic heterocycles. The van der Waals surface area contributed by atoms with Gasteiger partial charge in [0.25, 0.3) is 0 Å². The fraction of sp³-hybridized carbons (Fsp3) is 0.667. The minimum Gasteiger partial charge on any atom is -0.389 e. The summed E-state index contributed by atoms with van der Waals surface area (Å²) in [7, 11) is 2.01. The van der Waals surface area contributed by atoms with E-state index in [1.54, 1.807) is 0 Å². The quantitative estimate of drug-likeness (QED) is 0.749. The van der Waals surface area contributed by atoms with Crippen molar-refractivity contribution in [3.63, 3.8) is 0 Å². The molecule has 0 bridgehead atoms. The first-order valence-corrected chi connectivity index (χ1v) is 5.57. The second-order valence-electron chi connectivity index (χ2n) is 4.54. The van der Waals surface area contributed by atoms with Crippen LogP contribution in [0.5, 0.6) is 0 Å². The number of hydrogen-bond acceptors (Lipinski definition) is 2. The van der Waals surface area contributed by atoms with Crippen molar-refractivity contribution in [1.29, 1.82) is 0 Å². The maximum Gasteiger partial charge on any atom is 0.0743 e. The molecule has 0 saturated carbocycles. The molecular formula is C12H22N2O.